The van der Waals surface area contributed by atoms with Crippen LogP contribution in [0.2, 0.25) is 0 Å². The molecule has 118 valence electrons. The molecule has 21 heavy (non-hydrogen) atoms. The van der Waals surface area contributed by atoms with Crippen molar-refractivity contribution in [3.8, 4) is 0 Å². The van der Waals surface area contributed by atoms with Crippen molar-refractivity contribution in [2.45, 2.75) is 39.4 Å². The van der Waals surface area contributed by atoms with Gasteiger partial charge in [-0.2, -0.15) is 0 Å². The van der Waals surface area contributed by atoms with Crippen LogP contribution in [0, 0.1) is 6.92 Å². The minimum atomic E-state index is -0.888. The van der Waals surface area contributed by atoms with Crippen molar-refractivity contribution in [1.82, 2.24) is 15.6 Å². The van der Waals surface area contributed by atoms with Crippen LogP contribution in [-0.2, 0) is 4.74 Å². The Labute approximate surface area is 124 Å². The van der Waals surface area contributed by atoms with E-state index in [1.54, 1.807) is 33.2 Å². The van der Waals surface area contributed by atoms with Gasteiger partial charge in [-0.15, -0.1) is 0 Å². The smallest absolute Gasteiger partial charge is 0.407 e. The van der Waals surface area contributed by atoms with E-state index < -0.39 is 17.8 Å². The first kappa shape index (κ1) is 17.0. The second kappa shape index (κ2) is 7.12. The molecule has 1 aromatic heterocycles. The van der Waals surface area contributed by atoms with E-state index in [0.29, 0.717) is 5.56 Å². The molecule has 0 radical (unpaired) electrons. The first-order valence-electron chi connectivity index (χ1n) is 6.75. The third-order valence-electron chi connectivity index (χ3n) is 2.58. The van der Waals surface area contributed by atoms with Crippen molar-refractivity contribution in [3.05, 3.63) is 23.5 Å². The van der Waals surface area contributed by atoms with Crippen LogP contribution >= 0.6 is 0 Å². The molecule has 7 heteroatoms. The van der Waals surface area contributed by atoms with E-state index in [0.717, 1.165) is 5.56 Å². The molecule has 1 heterocycles. The van der Waals surface area contributed by atoms with Crippen LogP contribution in [0.15, 0.2) is 12.4 Å². The second-order valence-corrected chi connectivity index (χ2v) is 5.80. The Morgan fingerprint density at radius 3 is 2.43 bits per heavy atom. The summed E-state index contributed by atoms with van der Waals surface area (Å²) < 4.78 is 5.04. The minimum Gasteiger partial charge on any atom is -0.444 e. The van der Waals surface area contributed by atoms with Gasteiger partial charge in [0.15, 0.2) is 0 Å². The van der Waals surface area contributed by atoms with Gasteiger partial charge >= 0.3 is 6.09 Å². The second-order valence-electron chi connectivity index (χ2n) is 5.80. The van der Waals surface area contributed by atoms with Gasteiger partial charge in [0.2, 0.25) is 0 Å². The summed E-state index contributed by atoms with van der Waals surface area (Å²) in [6, 6.07) is 0. The van der Waals surface area contributed by atoms with Crippen molar-refractivity contribution in [1.29, 1.82) is 0 Å². The highest BCUT2D eigenvalue weighted by Crippen LogP contribution is 2.06. The number of alkyl carbamates (subject to hydrolysis) is 1. The Morgan fingerprint density at radius 1 is 1.29 bits per heavy atom. The number of aliphatic hydroxyl groups excluding tert-OH is 1. The SMILES string of the molecule is Cc1c[nH]cc1C(=O)NCC(O)CNC(=O)OC(C)(C)C. The number of amides is 2. The predicted octanol–water partition coefficient (Wildman–Crippen LogP) is 0.939. The highest BCUT2D eigenvalue weighted by molar-refractivity contribution is 5.95. The fourth-order valence-electron chi connectivity index (χ4n) is 1.58. The van der Waals surface area contributed by atoms with Gasteiger partial charge in [0.05, 0.1) is 11.7 Å². The third-order valence-corrected chi connectivity index (χ3v) is 2.58. The first-order chi connectivity index (χ1) is 9.69. The largest absolute Gasteiger partial charge is 0.444 e. The number of carbonyl (C=O) groups is 2. The Morgan fingerprint density at radius 2 is 1.90 bits per heavy atom. The Balaban J connectivity index is 2.28. The number of aryl methyl sites for hydroxylation is 1. The Kier molecular flexibility index (Phi) is 5.78. The molecule has 0 aliphatic carbocycles. The van der Waals surface area contributed by atoms with Crippen LogP contribution in [0.5, 0.6) is 0 Å². The van der Waals surface area contributed by atoms with E-state index >= 15 is 0 Å². The van der Waals surface area contributed by atoms with Crippen molar-refractivity contribution in [2.24, 2.45) is 0 Å². The van der Waals surface area contributed by atoms with Crippen LogP contribution in [-0.4, -0.2) is 46.9 Å². The summed E-state index contributed by atoms with van der Waals surface area (Å²) in [4.78, 5) is 26.0. The molecule has 0 spiro atoms. The van der Waals surface area contributed by atoms with E-state index in [2.05, 4.69) is 15.6 Å². The molecule has 2 amide bonds. The topological polar surface area (TPSA) is 103 Å². The van der Waals surface area contributed by atoms with E-state index in [-0.39, 0.29) is 19.0 Å². The van der Waals surface area contributed by atoms with Crippen molar-refractivity contribution >= 4 is 12.0 Å². The summed E-state index contributed by atoms with van der Waals surface area (Å²) in [5.41, 5.74) is 0.769. The predicted molar refractivity (Wildman–Crippen MR) is 78.1 cm³/mol. The molecule has 0 fully saturated rings. The number of aliphatic hydroxyl groups is 1. The molecular formula is C14H23N3O4. The van der Waals surface area contributed by atoms with E-state index in [9.17, 15) is 14.7 Å². The molecule has 0 aromatic carbocycles. The van der Waals surface area contributed by atoms with E-state index in [1.165, 1.54) is 0 Å². The molecule has 0 aliphatic heterocycles. The normalized spacial score (nSPS) is 12.6. The van der Waals surface area contributed by atoms with Crippen LogP contribution in [0.1, 0.15) is 36.7 Å². The number of hydrogen-bond donors (Lipinski definition) is 4. The monoisotopic (exact) mass is 297 g/mol. The highest BCUT2D eigenvalue weighted by atomic mass is 16.6. The van der Waals surface area contributed by atoms with Crippen molar-refractivity contribution in [2.75, 3.05) is 13.1 Å². The number of H-pyrrole nitrogens is 1. The number of nitrogens with one attached hydrogen (secondary N) is 3. The zero-order chi connectivity index (χ0) is 16.0. The van der Waals surface area contributed by atoms with Crippen molar-refractivity contribution in [3.63, 3.8) is 0 Å². The van der Waals surface area contributed by atoms with E-state index in [4.69, 9.17) is 4.74 Å². The lowest BCUT2D eigenvalue weighted by Crippen LogP contribution is -2.41. The summed E-state index contributed by atoms with van der Waals surface area (Å²) in [6.45, 7) is 7.11. The fraction of sp³-hybridized carbons (Fsp3) is 0.571. The average Bonchev–Trinajstić information content (AvgIpc) is 2.77. The maximum Gasteiger partial charge on any atom is 0.407 e. The summed E-state index contributed by atoms with van der Waals surface area (Å²) in [5, 5.41) is 14.8. The molecule has 7 nitrogen and oxygen atoms in total. The molecule has 0 saturated carbocycles. The van der Waals surface area contributed by atoms with Gasteiger partial charge in [-0.1, -0.05) is 0 Å². The van der Waals surface area contributed by atoms with Gasteiger partial charge < -0.3 is 25.5 Å². The lowest BCUT2D eigenvalue weighted by molar-refractivity contribution is 0.0492. The maximum atomic E-state index is 11.8. The lowest BCUT2D eigenvalue weighted by atomic mass is 10.2. The zero-order valence-electron chi connectivity index (χ0n) is 12.8. The standard InChI is InChI=1S/C14H23N3O4/c1-9-5-15-8-11(9)12(19)16-6-10(18)7-17-13(20)21-14(2,3)4/h5,8,10,15,18H,6-7H2,1-4H3,(H,16,19)(H,17,20). The number of ether oxygens (including phenoxy) is 1. The number of carbonyl (C=O) groups excluding carboxylic acids is 2. The van der Waals surface area contributed by atoms with Crippen LogP contribution in [0.3, 0.4) is 0 Å². The number of aromatic nitrogens is 1. The lowest BCUT2D eigenvalue weighted by Gasteiger charge is -2.20. The summed E-state index contributed by atoms with van der Waals surface area (Å²) in [6.07, 6.45) is 1.82. The molecule has 0 bridgehead atoms. The number of aromatic amines is 1. The number of rotatable bonds is 5. The summed E-state index contributed by atoms with van der Waals surface area (Å²) in [5.74, 6) is -0.273. The Bertz CT molecular complexity index is 491. The molecular weight excluding hydrogens is 274 g/mol. The maximum absolute atomic E-state index is 11.8. The van der Waals surface area contributed by atoms with Crippen molar-refractivity contribution < 1.29 is 19.4 Å². The zero-order valence-corrected chi connectivity index (χ0v) is 12.8. The van der Waals surface area contributed by atoms with Gasteiger partial charge in [0.25, 0.3) is 5.91 Å². The van der Waals surface area contributed by atoms with Crippen LogP contribution in [0.4, 0.5) is 4.79 Å². The van der Waals surface area contributed by atoms with Gasteiger partial charge in [-0.05, 0) is 33.3 Å². The number of hydrogen-bond acceptors (Lipinski definition) is 4. The summed E-state index contributed by atoms with van der Waals surface area (Å²) >= 11 is 0. The van der Waals surface area contributed by atoms with Gasteiger partial charge in [0, 0.05) is 25.5 Å². The minimum absolute atomic E-state index is 0.00130. The molecule has 1 atom stereocenters. The first-order valence-corrected chi connectivity index (χ1v) is 6.75. The van der Waals surface area contributed by atoms with Gasteiger partial charge in [-0.3, -0.25) is 4.79 Å². The third kappa shape index (κ3) is 6.31. The average molecular weight is 297 g/mol. The Hall–Kier alpha value is -2.02. The molecule has 4 N–H and O–H groups in total. The molecule has 1 aromatic rings. The fourth-order valence-corrected chi connectivity index (χ4v) is 1.58. The van der Waals surface area contributed by atoms with Gasteiger partial charge in [0.1, 0.15) is 5.60 Å². The van der Waals surface area contributed by atoms with E-state index in [1.807, 2.05) is 6.92 Å². The molecule has 1 rings (SSSR count). The molecule has 0 saturated heterocycles. The molecule has 1 unspecified atom stereocenters. The van der Waals surface area contributed by atoms with Gasteiger partial charge in [-0.25, -0.2) is 4.79 Å². The summed E-state index contributed by atoms with van der Waals surface area (Å²) in [7, 11) is 0. The van der Waals surface area contributed by atoms with Crippen LogP contribution < -0.4 is 10.6 Å². The highest BCUT2D eigenvalue weighted by Gasteiger charge is 2.17. The quantitative estimate of drug-likeness (QED) is 0.649. The molecule has 0 aliphatic rings. The van der Waals surface area contributed by atoms with Crippen LogP contribution in [0.25, 0.3) is 0 Å².